The number of nitrogens with two attached hydrogens (primary N) is 1. The summed E-state index contributed by atoms with van der Waals surface area (Å²) in [4.78, 5) is 12.9. The summed E-state index contributed by atoms with van der Waals surface area (Å²) < 4.78 is 37.8. The minimum Gasteiger partial charge on any atom is -0.332 e. The maximum absolute atomic E-state index is 13.2. The van der Waals surface area contributed by atoms with Gasteiger partial charge in [0.2, 0.25) is 0 Å². The molecule has 100 valence electrons. The highest BCUT2D eigenvalue weighted by Crippen LogP contribution is 2.12. The molecule has 0 heterocycles. The molecule has 18 heavy (non-hydrogen) atoms. The summed E-state index contributed by atoms with van der Waals surface area (Å²) in [7, 11) is 0. The van der Waals surface area contributed by atoms with Crippen molar-refractivity contribution in [2.24, 2.45) is 5.73 Å². The Morgan fingerprint density at radius 1 is 1.39 bits per heavy atom. The third kappa shape index (κ3) is 4.03. The Kier molecular flexibility index (Phi) is 5.15. The van der Waals surface area contributed by atoms with Gasteiger partial charge in [0.25, 0.3) is 12.3 Å². The molecule has 0 aliphatic heterocycles. The Hall–Kier alpha value is -1.56. The van der Waals surface area contributed by atoms with E-state index < -0.39 is 24.7 Å². The van der Waals surface area contributed by atoms with E-state index in [0.29, 0.717) is 5.56 Å². The maximum atomic E-state index is 13.2. The fourth-order valence-electron chi connectivity index (χ4n) is 1.64. The predicted octanol–water partition coefficient (Wildman–Crippen LogP) is 1.80. The van der Waals surface area contributed by atoms with E-state index in [4.69, 9.17) is 5.73 Å². The molecule has 0 aromatic heterocycles. The molecular formula is C12H15F3N2O. The van der Waals surface area contributed by atoms with Gasteiger partial charge in [0.1, 0.15) is 5.82 Å². The van der Waals surface area contributed by atoms with Crippen LogP contribution in [0.4, 0.5) is 13.2 Å². The van der Waals surface area contributed by atoms with Gasteiger partial charge in [-0.3, -0.25) is 4.79 Å². The van der Waals surface area contributed by atoms with Crippen molar-refractivity contribution in [3.8, 4) is 0 Å². The molecule has 0 aliphatic rings. The van der Waals surface area contributed by atoms with E-state index in [0.717, 1.165) is 11.0 Å². The van der Waals surface area contributed by atoms with Crippen LogP contribution >= 0.6 is 0 Å². The molecule has 0 unspecified atom stereocenters. The van der Waals surface area contributed by atoms with Crippen molar-refractivity contribution >= 4 is 5.91 Å². The molecule has 6 heteroatoms. The first kappa shape index (κ1) is 14.5. The first-order valence-corrected chi connectivity index (χ1v) is 5.48. The van der Waals surface area contributed by atoms with Crippen LogP contribution in [-0.2, 0) is 0 Å². The quantitative estimate of drug-likeness (QED) is 0.877. The van der Waals surface area contributed by atoms with Gasteiger partial charge in [-0.05, 0) is 30.7 Å². The number of benzene rings is 1. The molecule has 3 nitrogen and oxygen atoms in total. The van der Waals surface area contributed by atoms with Crippen LogP contribution in [-0.4, -0.2) is 36.9 Å². The Bertz CT molecular complexity index is 404. The molecule has 0 spiro atoms. The molecule has 1 rings (SSSR count). The Balaban J connectivity index is 2.93. The van der Waals surface area contributed by atoms with E-state index in [1.54, 1.807) is 6.92 Å². The van der Waals surface area contributed by atoms with Crippen molar-refractivity contribution in [3.05, 3.63) is 35.1 Å². The largest absolute Gasteiger partial charge is 0.332 e. The number of hydrogen-bond acceptors (Lipinski definition) is 2. The summed E-state index contributed by atoms with van der Waals surface area (Å²) in [5.41, 5.74) is 5.88. The van der Waals surface area contributed by atoms with Gasteiger partial charge < -0.3 is 10.6 Å². The molecule has 2 N–H and O–H groups in total. The van der Waals surface area contributed by atoms with E-state index in [2.05, 4.69) is 0 Å². The smallest absolute Gasteiger partial charge is 0.255 e. The molecule has 0 saturated heterocycles. The Labute approximate surface area is 103 Å². The zero-order valence-electron chi connectivity index (χ0n) is 10.00. The van der Waals surface area contributed by atoms with Crippen molar-refractivity contribution in [2.75, 3.05) is 19.6 Å². The third-order valence-corrected chi connectivity index (χ3v) is 2.33. The van der Waals surface area contributed by atoms with Crippen LogP contribution in [0.3, 0.4) is 0 Å². The van der Waals surface area contributed by atoms with Gasteiger partial charge in [0.05, 0.1) is 6.54 Å². The predicted molar refractivity (Wildman–Crippen MR) is 62.1 cm³/mol. The zero-order valence-corrected chi connectivity index (χ0v) is 10.00. The number of alkyl halides is 2. The van der Waals surface area contributed by atoms with Gasteiger partial charge in [0.15, 0.2) is 0 Å². The Morgan fingerprint density at radius 3 is 2.56 bits per heavy atom. The molecular weight excluding hydrogens is 245 g/mol. The second-order valence-electron chi connectivity index (χ2n) is 3.95. The normalized spacial score (nSPS) is 10.8. The van der Waals surface area contributed by atoms with Crippen molar-refractivity contribution < 1.29 is 18.0 Å². The molecule has 0 aliphatic carbocycles. The van der Waals surface area contributed by atoms with Crippen molar-refractivity contribution in [1.82, 2.24) is 4.90 Å². The Morgan fingerprint density at radius 2 is 2.06 bits per heavy atom. The van der Waals surface area contributed by atoms with Crippen molar-refractivity contribution in [1.29, 1.82) is 0 Å². The van der Waals surface area contributed by atoms with E-state index in [1.165, 1.54) is 12.1 Å². The van der Waals surface area contributed by atoms with Gasteiger partial charge in [-0.1, -0.05) is 0 Å². The summed E-state index contributed by atoms with van der Waals surface area (Å²) in [5.74, 6) is -1.20. The fourth-order valence-corrected chi connectivity index (χ4v) is 1.64. The van der Waals surface area contributed by atoms with Gasteiger partial charge >= 0.3 is 0 Å². The molecule has 0 bridgehead atoms. The summed E-state index contributed by atoms with van der Waals surface area (Å²) in [6.45, 7) is 1.01. The summed E-state index contributed by atoms with van der Waals surface area (Å²) >= 11 is 0. The van der Waals surface area contributed by atoms with Crippen LogP contribution in [0.5, 0.6) is 0 Å². The lowest BCUT2D eigenvalue weighted by molar-refractivity contribution is 0.0562. The van der Waals surface area contributed by atoms with Crippen LogP contribution in [0.25, 0.3) is 0 Å². The lowest BCUT2D eigenvalue weighted by Crippen LogP contribution is -2.38. The van der Waals surface area contributed by atoms with Crippen LogP contribution in [0.2, 0.25) is 0 Å². The topological polar surface area (TPSA) is 46.3 Å². The summed E-state index contributed by atoms with van der Waals surface area (Å²) in [6.07, 6.45) is -2.64. The maximum Gasteiger partial charge on any atom is 0.255 e. The third-order valence-electron chi connectivity index (χ3n) is 2.33. The van der Waals surface area contributed by atoms with E-state index in [9.17, 15) is 18.0 Å². The van der Waals surface area contributed by atoms with Crippen molar-refractivity contribution in [3.63, 3.8) is 0 Å². The average molecular weight is 260 g/mol. The van der Waals surface area contributed by atoms with Crippen LogP contribution in [0.15, 0.2) is 18.2 Å². The lowest BCUT2D eigenvalue weighted by Gasteiger charge is -2.21. The molecule has 0 radical (unpaired) electrons. The highest BCUT2D eigenvalue weighted by molar-refractivity contribution is 5.94. The summed E-state index contributed by atoms with van der Waals surface area (Å²) in [6, 6.07) is 3.75. The number of halogens is 3. The second kappa shape index (κ2) is 6.39. The lowest BCUT2D eigenvalue weighted by atomic mass is 10.1. The molecule has 0 atom stereocenters. The van der Waals surface area contributed by atoms with E-state index in [-0.39, 0.29) is 18.7 Å². The van der Waals surface area contributed by atoms with E-state index >= 15 is 0 Å². The van der Waals surface area contributed by atoms with Gasteiger partial charge in [0, 0.05) is 18.7 Å². The number of rotatable bonds is 5. The number of amides is 1. The average Bonchev–Trinajstić information content (AvgIpc) is 2.25. The molecule has 1 aromatic carbocycles. The zero-order chi connectivity index (χ0) is 13.7. The second-order valence-corrected chi connectivity index (χ2v) is 3.95. The van der Waals surface area contributed by atoms with Crippen LogP contribution in [0, 0.1) is 12.7 Å². The minimum atomic E-state index is -2.64. The first-order valence-electron chi connectivity index (χ1n) is 5.48. The number of aryl methyl sites for hydroxylation is 1. The van der Waals surface area contributed by atoms with Crippen LogP contribution < -0.4 is 5.73 Å². The molecule has 1 aromatic rings. The SMILES string of the molecule is Cc1cc(F)cc(C(=O)N(CCN)CC(F)F)c1. The van der Waals surface area contributed by atoms with Gasteiger partial charge in [-0.25, -0.2) is 13.2 Å². The van der Waals surface area contributed by atoms with Gasteiger partial charge in [-0.2, -0.15) is 0 Å². The number of nitrogens with zero attached hydrogens (tertiary/aromatic N) is 1. The molecule has 1 amide bonds. The summed E-state index contributed by atoms with van der Waals surface area (Å²) in [5, 5.41) is 0. The monoisotopic (exact) mass is 260 g/mol. The highest BCUT2D eigenvalue weighted by Gasteiger charge is 2.19. The van der Waals surface area contributed by atoms with Gasteiger partial charge in [-0.15, -0.1) is 0 Å². The highest BCUT2D eigenvalue weighted by atomic mass is 19.3. The number of carbonyl (C=O) groups excluding carboxylic acids is 1. The molecule has 0 saturated carbocycles. The number of carbonyl (C=O) groups is 1. The fraction of sp³-hybridized carbons (Fsp3) is 0.417. The van der Waals surface area contributed by atoms with Crippen molar-refractivity contribution in [2.45, 2.75) is 13.3 Å². The minimum absolute atomic E-state index is 0.0126. The standard InChI is InChI=1S/C12H15F3N2O/c1-8-4-9(6-10(13)5-8)12(18)17(3-2-16)7-11(14)15/h4-6,11H,2-3,7,16H2,1H3. The van der Waals surface area contributed by atoms with Crippen LogP contribution in [0.1, 0.15) is 15.9 Å². The first-order chi connectivity index (χ1) is 8.43. The van der Waals surface area contributed by atoms with E-state index in [1.807, 2.05) is 0 Å². The molecule has 0 fully saturated rings. The number of hydrogen-bond donors (Lipinski definition) is 1.